The molecule has 0 aromatic carbocycles. The van der Waals surface area contributed by atoms with Crippen molar-refractivity contribution in [3.63, 3.8) is 0 Å². The quantitative estimate of drug-likeness (QED) is 0.0320. The van der Waals surface area contributed by atoms with Crippen LogP contribution in [0.3, 0.4) is 0 Å². The van der Waals surface area contributed by atoms with Gasteiger partial charge in [0.05, 0.1) is 25.4 Å². The van der Waals surface area contributed by atoms with Crippen LogP contribution in [0.15, 0.2) is 48.6 Å². The number of carbonyl (C=O) groups is 2. The Hall–Kier alpha value is -2.18. The van der Waals surface area contributed by atoms with E-state index in [9.17, 15) is 19.8 Å². The zero-order chi connectivity index (χ0) is 55.7. The van der Waals surface area contributed by atoms with Gasteiger partial charge in [0.25, 0.3) is 0 Å². The summed E-state index contributed by atoms with van der Waals surface area (Å²) in [7, 11) is 0. The van der Waals surface area contributed by atoms with Crippen LogP contribution in [0.1, 0.15) is 367 Å². The summed E-state index contributed by atoms with van der Waals surface area (Å²) in [5, 5.41) is 23.3. The maximum atomic E-state index is 12.5. The highest BCUT2D eigenvalue weighted by Crippen LogP contribution is 2.18. The minimum Gasteiger partial charge on any atom is -0.466 e. The van der Waals surface area contributed by atoms with Crippen LogP contribution in [0.2, 0.25) is 0 Å². The zero-order valence-corrected chi connectivity index (χ0v) is 51.7. The van der Waals surface area contributed by atoms with Crippen LogP contribution in [0, 0.1) is 0 Å². The van der Waals surface area contributed by atoms with Crippen molar-refractivity contribution in [3.8, 4) is 0 Å². The molecule has 0 aliphatic heterocycles. The number of aliphatic hydroxyl groups excluding tert-OH is 2. The third kappa shape index (κ3) is 62.9. The van der Waals surface area contributed by atoms with Gasteiger partial charge in [-0.25, -0.2) is 0 Å². The van der Waals surface area contributed by atoms with E-state index < -0.39 is 12.1 Å². The molecular formula is C71H133NO5. The maximum absolute atomic E-state index is 12.5. The van der Waals surface area contributed by atoms with Gasteiger partial charge in [-0.2, -0.15) is 0 Å². The highest BCUT2D eigenvalue weighted by atomic mass is 16.5. The van der Waals surface area contributed by atoms with Gasteiger partial charge in [-0.1, -0.05) is 319 Å². The second kappa shape index (κ2) is 66.3. The Bertz CT molecular complexity index is 1290. The van der Waals surface area contributed by atoms with Gasteiger partial charge in [0.1, 0.15) is 0 Å². The van der Waals surface area contributed by atoms with E-state index in [0.717, 1.165) is 51.4 Å². The van der Waals surface area contributed by atoms with E-state index in [0.29, 0.717) is 19.4 Å². The lowest BCUT2D eigenvalue weighted by atomic mass is 10.0. The number of allylic oxidation sites excluding steroid dienone is 7. The first-order chi connectivity index (χ1) is 38.0. The molecule has 452 valence electrons. The molecule has 0 saturated carbocycles. The van der Waals surface area contributed by atoms with Crippen molar-refractivity contribution in [1.29, 1.82) is 0 Å². The minimum atomic E-state index is -0.851. The molecule has 0 rings (SSSR count). The molecule has 0 aliphatic rings. The van der Waals surface area contributed by atoms with E-state index in [1.807, 2.05) is 6.08 Å². The molecule has 0 spiro atoms. The van der Waals surface area contributed by atoms with Crippen molar-refractivity contribution in [1.82, 2.24) is 5.32 Å². The van der Waals surface area contributed by atoms with E-state index in [-0.39, 0.29) is 18.5 Å². The Morgan fingerprint density at radius 2 is 0.662 bits per heavy atom. The summed E-state index contributed by atoms with van der Waals surface area (Å²) in [6, 6.07) is -0.635. The summed E-state index contributed by atoms with van der Waals surface area (Å²) >= 11 is 0. The highest BCUT2D eigenvalue weighted by molar-refractivity contribution is 5.76. The first-order valence-corrected chi connectivity index (χ1v) is 34.4. The Balaban J connectivity index is 3.47. The molecule has 0 saturated heterocycles. The summed E-state index contributed by atoms with van der Waals surface area (Å²) in [5.74, 6) is -0.0735. The number of unbranched alkanes of at least 4 members (excludes halogenated alkanes) is 47. The topological polar surface area (TPSA) is 95.9 Å². The predicted molar refractivity (Wildman–Crippen MR) is 338 cm³/mol. The number of carbonyl (C=O) groups excluding carboxylic acids is 2. The molecule has 0 aromatic rings. The fraction of sp³-hybridized carbons (Fsp3) is 0.859. The lowest BCUT2D eigenvalue weighted by molar-refractivity contribution is -0.143. The Morgan fingerprint density at radius 3 is 1.04 bits per heavy atom. The lowest BCUT2D eigenvalue weighted by Gasteiger charge is -2.20. The average Bonchev–Trinajstić information content (AvgIpc) is 3.43. The van der Waals surface area contributed by atoms with Crippen LogP contribution < -0.4 is 5.32 Å². The van der Waals surface area contributed by atoms with Crippen molar-refractivity contribution in [2.24, 2.45) is 0 Å². The molecular weight excluding hydrogens is 947 g/mol. The third-order valence-electron chi connectivity index (χ3n) is 15.8. The summed E-state index contributed by atoms with van der Waals surface area (Å²) in [6.07, 6.45) is 86.1. The van der Waals surface area contributed by atoms with E-state index in [1.165, 1.54) is 289 Å². The lowest BCUT2D eigenvalue weighted by Crippen LogP contribution is -2.45. The molecule has 0 aromatic heterocycles. The Morgan fingerprint density at radius 1 is 0.364 bits per heavy atom. The highest BCUT2D eigenvalue weighted by Gasteiger charge is 2.18. The van der Waals surface area contributed by atoms with Gasteiger partial charge < -0.3 is 20.3 Å². The maximum Gasteiger partial charge on any atom is 0.305 e. The van der Waals surface area contributed by atoms with E-state index in [1.54, 1.807) is 6.08 Å². The number of hydrogen-bond acceptors (Lipinski definition) is 5. The van der Waals surface area contributed by atoms with E-state index >= 15 is 0 Å². The monoisotopic (exact) mass is 1080 g/mol. The van der Waals surface area contributed by atoms with Crippen molar-refractivity contribution in [3.05, 3.63) is 48.6 Å². The van der Waals surface area contributed by atoms with Gasteiger partial charge in [-0.15, -0.1) is 0 Å². The molecule has 77 heavy (non-hydrogen) atoms. The molecule has 6 nitrogen and oxygen atoms in total. The molecule has 2 unspecified atom stereocenters. The standard InChI is InChI=1S/C71H133NO5/c1-3-5-7-9-11-13-15-16-17-18-19-20-21-25-28-31-34-37-40-44-47-51-55-59-63-69(74)68(67-73)72-70(75)64-60-56-52-48-45-41-38-35-32-29-26-23-22-24-27-30-33-36-39-42-46-50-54-58-62-66-77-71(76)65-61-57-53-49-43-14-12-10-8-6-4-2/h10,12,23-24,26-27,59,63,68-69,73-74H,3-9,11,13-22,25,28-58,60-62,64-67H2,1-2H3,(H,72,75)/b12-10-,26-23-,27-24-,63-59+. The average molecular weight is 1080 g/mol. The van der Waals surface area contributed by atoms with Crippen LogP contribution in [0.25, 0.3) is 0 Å². The van der Waals surface area contributed by atoms with E-state index in [2.05, 4.69) is 55.6 Å². The van der Waals surface area contributed by atoms with Gasteiger partial charge in [-0.05, 0) is 83.5 Å². The third-order valence-corrected chi connectivity index (χ3v) is 15.8. The first kappa shape index (κ1) is 74.8. The van der Waals surface area contributed by atoms with Crippen LogP contribution in [0.5, 0.6) is 0 Å². The fourth-order valence-corrected chi connectivity index (χ4v) is 10.5. The van der Waals surface area contributed by atoms with Crippen molar-refractivity contribution in [2.45, 2.75) is 379 Å². The van der Waals surface area contributed by atoms with Crippen LogP contribution >= 0.6 is 0 Å². The molecule has 0 bridgehead atoms. The van der Waals surface area contributed by atoms with Crippen LogP contribution in [-0.2, 0) is 14.3 Å². The minimum absolute atomic E-state index is 0.00254. The Labute approximate surface area is 480 Å². The molecule has 0 fully saturated rings. The molecule has 1 amide bonds. The van der Waals surface area contributed by atoms with Gasteiger partial charge in [0.15, 0.2) is 0 Å². The van der Waals surface area contributed by atoms with Crippen LogP contribution in [-0.4, -0.2) is 47.4 Å². The van der Waals surface area contributed by atoms with E-state index in [4.69, 9.17) is 4.74 Å². The molecule has 6 heteroatoms. The molecule has 0 radical (unpaired) electrons. The molecule has 0 heterocycles. The number of ether oxygens (including phenoxy) is 1. The van der Waals surface area contributed by atoms with Crippen molar-refractivity contribution < 1.29 is 24.5 Å². The smallest absolute Gasteiger partial charge is 0.305 e. The summed E-state index contributed by atoms with van der Waals surface area (Å²) in [6.45, 7) is 4.88. The summed E-state index contributed by atoms with van der Waals surface area (Å²) in [4.78, 5) is 24.5. The predicted octanol–water partition coefficient (Wildman–Crippen LogP) is 22.1. The molecule has 2 atom stereocenters. The zero-order valence-electron chi connectivity index (χ0n) is 51.7. The fourth-order valence-electron chi connectivity index (χ4n) is 10.5. The molecule has 0 aliphatic carbocycles. The number of nitrogens with one attached hydrogen (secondary N) is 1. The largest absolute Gasteiger partial charge is 0.466 e. The number of amides is 1. The van der Waals surface area contributed by atoms with Gasteiger partial charge in [-0.3, -0.25) is 9.59 Å². The summed E-state index contributed by atoms with van der Waals surface area (Å²) in [5.41, 5.74) is 0. The van der Waals surface area contributed by atoms with Crippen molar-refractivity contribution in [2.75, 3.05) is 13.2 Å². The molecule has 3 N–H and O–H groups in total. The number of hydrogen-bond donors (Lipinski definition) is 3. The first-order valence-electron chi connectivity index (χ1n) is 34.4. The van der Waals surface area contributed by atoms with Crippen molar-refractivity contribution >= 4 is 11.9 Å². The number of rotatable bonds is 64. The number of aliphatic hydroxyl groups is 2. The summed E-state index contributed by atoms with van der Waals surface area (Å²) < 4.78 is 5.46. The SMILES string of the molecule is CCCC/C=C\CCCCCCCC(=O)OCCCCCCCCCCC/C=C\C/C=C\CCCCCCCCCCCC(=O)NC(CO)C(O)/C=C/CCCCCCCCCCCCCCCCCCCCCCCC. The second-order valence-corrected chi connectivity index (χ2v) is 23.5. The van der Waals surface area contributed by atoms with Gasteiger partial charge in [0, 0.05) is 12.8 Å². The second-order valence-electron chi connectivity index (χ2n) is 23.5. The Kier molecular flexibility index (Phi) is 64.5. The van der Waals surface area contributed by atoms with Crippen LogP contribution in [0.4, 0.5) is 0 Å². The van der Waals surface area contributed by atoms with Gasteiger partial charge >= 0.3 is 5.97 Å². The number of esters is 1. The normalized spacial score (nSPS) is 12.8. The van der Waals surface area contributed by atoms with Gasteiger partial charge in [0.2, 0.25) is 5.91 Å².